The van der Waals surface area contributed by atoms with E-state index in [1.54, 1.807) is 0 Å². The van der Waals surface area contributed by atoms with Gasteiger partial charge in [-0.3, -0.25) is 13.9 Å². The van der Waals surface area contributed by atoms with Crippen molar-refractivity contribution in [3.8, 4) is 0 Å². The molecule has 0 spiro atoms. The van der Waals surface area contributed by atoms with Crippen molar-refractivity contribution in [2.75, 3.05) is 6.61 Å². The molecule has 1 fully saturated rings. The van der Waals surface area contributed by atoms with Crippen molar-refractivity contribution in [2.24, 2.45) is 0 Å². The fraction of sp³-hybridized carbons (Fsp3) is 0.560. The van der Waals surface area contributed by atoms with Crippen LogP contribution < -0.4 is 11.2 Å². The molecule has 35 heavy (non-hydrogen) atoms. The maximum absolute atomic E-state index is 13.6. The Labute approximate surface area is 216 Å². The highest BCUT2D eigenvalue weighted by Crippen LogP contribution is 2.37. The van der Waals surface area contributed by atoms with E-state index >= 15 is 0 Å². The molecular weight excluding hydrogens is 503 g/mol. The average molecular weight is 538 g/mol. The molecule has 1 aromatic carbocycles. The number of benzene rings is 1. The standard InChI is InChI=1S/C25H34Cl2N4O3Si/c1-25(2,3)35(4,5)34-15-14-29-20-8-6-7-9-21(20)30(24(29)33)17-10-12-18(13-11-17)31-23(32)22(27)19(26)16-28-31/h6-9,16-18H,10-15H2,1-5H3. The van der Waals surface area contributed by atoms with Crippen LogP contribution in [0.15, 0.2) is 40.1 Å². The molecule has 1 aliphatic rings. The van der Waals surface area contributed by atoms with Gasteiger partial charge in [-0.1, -0.05) is 56.1 Å². The number of halogens is 2. The van der Waals surface area contributed by atoms with Crippen LogP contribution in [-0.4, -0.2) is 33.8 Å². The summed E-state index contributed by atoms with van der Waals surface area (Å²) in [4.78, 5) is 26.1. The van der Waals surface area contributed by atoms with Crippen LogP contribution in [0.1, 0.15) is 58.5 Å². The maximum Gasteiger partial charge on any atom is 0.329 e. The van der Waals surface area contributed by atoms with Gasteiger partial charge in [0.15, 0.2) is 8.32 Å². The third-order valence-electron chi connectivity index (χ3n) is 7.73. The number of fused-ring (bicyclic) bond motifs is 1. The van der Waals surface area contributed by atoms with Crippen LogP contribution in [0.5, 0.6) is 0 Å². The quantitative estimate of drug-likeness (QED) is 0.359. The largest absolute Gasteiger partial charge is 0.415 e. The van der Waals surface area contributed by atoms with E-state index in [0.29, 0.717) is 13.2 Å². The summed E-state index contributed by atoms with van der Waals surface area (Å²) in [5.41, 5.74) is 1.51. The molecule has 4 rings (SSSR count). The second-order valence-corrected chi connectivity index (χ2v) is 16.5. The van der Waals surface area contributed by atoms with E-state index in [-0.39, 0.29) is 38.4 Å². The molecule has 0 atom stereocenters. The minimum absolute atomic E-state index is 0.00156. The van der Waals surface area contributed by atoms with Crippen LogP contribution in [0.4, 0.5) is 0 Å². The first-order valence-electron chi connectivity index (χ1n) is 12.2. The van der Waals surface area contributed by atoms with Crippen LogP contribution in [0.3, 0.4) is 0 Å². The Morgan fingerprint density at radius 1 is 1.03 bits per heavy atom. The summed E-state index contributed by atoms with van der Waals surface area (Å²) >= 11 is 12.0. The molecule has 1 aliphatic carbocycles. The normalized spacial score (nSPS) is 19.4. The van der Waals surface area contributed by atoms with Crippen LogP contribution >= 0.6 is 23.2 Å². The van der Waals surface area contributed by atoms with Gasteiger partial charge in [0.25, 0.3) is 5.56 Å². The molecule has 0 N–H and O–H groups in total. The number of hydrogen-bond donors (Lipinski definition) is 0. The Hall–Kier alpha value is -1.87. The van der Waals surface area contributed by atoms with E-state index in [2.05, 4.69) is 39.0 Å². The van der Waals surface area contributed by atoms with E-state index in [0.717, 1.165) is 36.7 Å². The van der Waals surface area contributed by atoms with Crippen molar-refractivity contribution in [3.63, 3.8) is 0 Å². The molecule has 0 saturated heterocycles. The summed E-state index contributed by atoms with van der Waals surface area (Å²) in [5, 5.41) is 4.50. The van der Waals surface area contributed by atoms with Gasteiger partial charge in [-0.25, -0.2) is 9.48 Å². The zero-order valence-electron chi connectivity index (χ0n) is 21.1. The fourth-order valence-electron chi connectivity index (χ4n) is 4.66. The zero-order valence-corrected chi connectivity index (χ0v) is 23.6. The highest BCUT2D eigenvalue weighted by molar-refractivity contribution is 6.74. The molecule has 2 heterocycles. The molecule has 2 aromatic heterocycles. The number of nitrogens with zero attached hydrogens (tertiary/aromatic N) is 4. The first-order valence-corrected chi connectivity index (χ1v) is 15.9. The number of aromatic nitrogens is 4. The number of para-hydroxylation sites is 2. The van der Waals surface area contributed by atoms with Crippen LogP contribution in [0.2, 0.25) is 28.2 Å². The Morgan fingerprint density at radius 3 is 2.26 bits per heavy atom. The molecule has 1 saturated carbocycles. The minimum atomic E-state index is -1.89. The van der Waals surface area contributed by atoms with E-state index in [1.807, 2.05) is 33.4 Å². The minimum Gasteiger partial charge on any atom is -0.415 e. The van der Waals surface area contributed by atoms with Gasteiger partial charge >= 0.3 is 5.69 Å². The second-order valence-electron chi connectivity index (χ2n) is 10.9. The lowest BCUT2D eigenvalue weighted by Crippen LogP contribution is -2.42. The summed E-state index contributed by atoms with van der Waals surface area (Å²) in [6.45, 7) is 12.1. The lowest BCUT2D eigenvalue weighted by atomic mass is 9.91. The topological polar surface area (TPSA) is 71.0 Å². The van der Waals surface area contributed by atoms with Crippen molar-refractivity contribution in [3.05, 3.63) is 61.3 Å². The van der Waals surface area contributed by atoms with Crippen molar-refractivity contribution in [2.45, 2.75) is 83.2 Å². The third-order valence-corrected chi connectivity index (χ3v) is 13.0. The van der Waals surface area contributed by atoms with E-state index in [1.165, 1.54) is 10.9 Å². The molecule has 0 radical (unpaired) electrons. The first-order chi connectivity index (χ1) is 16.4. The van der Waals surface area contributed by atoms with E-state index < -0.39 is 8.32 Å². The third kappa shape index (κ3) is 5.03. The van der Waals surface area contributed by atoms with Gasteiger partial charge in [0.1, 0.15) is 5.02 Å². The molecule has 10 heteroatoms. The maximum atomic E-state index is 13.6. The van der Waals surface area contributed by atoms with Crippen molar-refractivity contribution < 1.29 is 4.43 Å². The second kappa shape index (κ2) is 9.88. The van der Waals surface area contributed by atoms with Gasteiger partial charge in [-0.2, -0.15) is 5.10 Å². The highest BCUT2D eigenvalue weighted by Gasteiger charge is 2.37. The predicted molar refractivity (Wildman–Crippen MR) is 144 cm³/mol. The van der Waals surface area contributed by atoms with Gasteiger partial charge in [-0.05, 0) is 55.9 Å². The lowest BCUT2D eigenvalue weighted by Gasteiger charge is -2.36. The number of hydrogen-bond acceptors (Lipinski definition) is 4. The summed E-state index contributed by atoms with van der Waals surface area (Å²) in [5.74, 6) is 0. The molecule has 0 bridgehead atoms. The Bertz CT molecular complexity index is 1330. The van der Waals surface area contributed by atoms with Crippen molar-refractivity contribution >= 4 is 42.6 Å². The smallest absolute Gasteiger partial charge is 0.329 e. The molecule has 0 unspecified atom stereocenters. The summed E-state index contributed by atoms with van der Waals surface area (Å²) in [7, 11) is -1.89. The highest BCUT2D eigenvalue weighted by atomic mass is 35.5. The van der Waals surface area contributed by atoms with E-state index in [9.17, 15) is 9.59 Å². The van der Waals surface area contributed by atoms with Crippen molar-refractivity contribution in [1.82, 2.24) is 18.9 Å². The monoisotopic (exact) mass is 536 g/mol. The molecule has 7 nitrogen and oxygen atoms in total. The van der Waals surface area contributed by atoms with Crippen LogP contribution in [-0.2, 0) is 11.0 Å². The summed E-state index contributed by atoms with van der Waals surface area (Å²) in [6.07, 6.45) is 4.42. The van der Waals surface area contributed by atoms with Gasteiger partial charge in [0.05, 0.1) is 34.9 Å². The van der Waals surface area contributed by atoms with Crippen molar-refractivity contribution in [1.29, 1.82) is 0 Å². The van der Waals surface area contributed by atoms with E-state index in [4.69, 9.17) is 27.6 Å². The Morgan fingerprint density at radius 2 is 1.63 bits per heavy atom. The molecule has 0 aliphatic heterocycles. The van der Waals surface area contributed by atoms with Crippen LogP contribution in [0.25, 0.3) is 11.0 Å². The van der Waals surface area contributed by atoms with Gasteiger partial charge in [-0.15, -0.1) is 0 Å². The summed E-state index contributed by atoms with van der Waals surface area (Å²) in [6, 6.07) is 7.96. The molecular formula is C25H34Cl2N4O3Si. The van der Waals surface area contributed by atoms with Gasteiger partial charge < -0.3 is 4.43 Å². The number of imidazole rings is 1. The Kier molecular flexibility index (Phi) is 7.40. The predicted octanol–water partition coefficient (Wildman–Crippen LogP) is 6.04. The average Bonchev–Trinajstić information content (AvgIpc) is 3.08. The summed E-state index contributed by atoms with van der Waals surface area (Å²) < 4.78 is 11.6. The first kappa shape index (κ1) is 26.2. The molecule has 3 aromatic rings. The number of rotatable bonds is 6. The SMILES string of the molecule is CC(C)(C)[Si](C)(C)OCCn1c(=O)n(C2CCC(n3ncc(Cl)c(Cl)c3=O)CC2)c2ccccc21. The van der Waals surface area contributed by atoms with Crippen LogP contribution in [0, 0.1) is 0 Å². The zero-order chi connectivity index (χ0) is 25.5. The Balaban J connectivity index is 1.55. The van der Waals surface area contributed by atoms with Gasteiger partial charge in [0, 0.05) is 12.6 Å². The molecule has 0 amide bonds. The van der Waals surface area contributed by atoms with Gasteiger partial charge in [0.2, 0.25) is 0 Å². The fourth-order valence-corrected chi connectivity index (χ4v) is 5.95. The molecule has 190 valence electrons. The lowest BCUT2D eigenvalue weighted by molar-refractivity contribution is 0.250.